The Kier molecular flexibility index (Phi) is 3.79. The number of benzene rings is 1. The highest BCUT2D eigenvalue weighted by atomic mass is 35.5. The van der Waals surface area contributed by atoms with Crippen LogP contribution in [-0.4, -0.2) is 18.0 Å². The van der Waals surface area contributed by atoms with Crippen LogP contribution in [-0.2, 0) is 0 Å². The molecule has 1 aromatic heterocycles. The molecule has 0 bridgehead atoms. The van der Waals surface area contributed by atoms with Gasteiger partial charge in [-0.15, -0.1) is 0 Å². The number of carbonyl (C=O) groups excluding carboxylic acids is 1. The minimum absolute atomic E-state index is 0.224. The van der Waals surface area contributed by atoms with Crippen LogP contribution in [0.25, 0.3) is 0 Å². The zero-order valence-corrected chi connectivity index (χ0v) is 10.4. The summed E-state index contributed by atoms with van der Waals surface area (Å²) >= 11 is 5.66. The predicted molar refractivity (Wildman–Crippen MR) is 70.2 cm³/mol. The molecule has 5 heteroatoms. The molecule has 0 spiro atoms. The van der Waals surface area contributed by atoms with Gasteiger partial charge in [-0.25, -0.2) is 4.98 Å². The first kappa shape index (κ1) is 12.4. The van der Waals surface area contributed by atoms with Gasteiger partial charge < -0.3 is 10.1 Å². The fourth-order valence-electron chi connectivity index (χ4n) is 1.42. The van der Waals surface area contributed by atoms with Crippen LogP contribution >= 0.6 is 11.6 Å². The first-order chi connectivity index (χ1) is 8.69. The molecular weight excluding hydrogens is 252 g/mol. The Bertz CT molecular complexity index is 555. The van der Waals surface area contributed by atoms with Gasteiger partial charge in [0.25, 0.3) is 5.91 Å². The maximum Gasteiger partial charge on any atom is 0.255 e. The van der Waals surface area contributed by atoms with E-state index in [1.165, 1.54) is 6.20 Å². The molecule has 1 aromatic carbocycles. The molecule has 2 rings (SSSR count). The van der Waals surface area contributed by atoms with Crippen molar-refractivity contribution in [2.75, 3.05) is 12.4 Å². The van der Waals surface area contributed by atoms with Crippen LogP contribution in [0.5, 0.6) is 5.75 Å². The number of aromatic nitrogens is 1. The minimum atomic E-state index is -0.224. The monoisotopic (exact) mass is 262 g/mol. The van der Waals surface area contributed by atoms with Gasteiger partial charge in [-0.1, -0.05) is 17.7 Å². The number of hydrogen-bond acceptors (Lipinski definition) is 3. The molecule has 1 amide bonds. The molecule has 1 N–H and O–H groups in total. The van der Waals surface area contributed by atoms with Gasteiger partial charge in [-0.05, 0) is 30.3 Å². The summed E-state index contributed by atoms with van der Waals surface area (Å²) in [6.07, 6.45) is 1.50. The van der Waals surface area contributed by atoms with Crippen LogP contribution in [0.1, 0.15) is 10.4 Å². The molecule has 1 heterocycles. The molecule has 0 fully saturated rings. The zero-order chi connectivity index (χ0) is 13.0. The van der Waals surface area contributed by atoms with Crippen molar-refractivity contribution < 1.29 is 9.53 Å². The summed E-state index contributed by atoms with van der Waals surface area (Å²) < 4.78 is 5.06. The maximum atomic E-state index is 11.9. The van der Waals surface area contributed by atoms with Crippen molar-refractivity contribution in [3.8, 4) is 5.75 Å². The highest BCUT2D eigenvalue weighted by Crippen LogP contribution is 2.15. The second-order valence-corrected chi connectivity index (χ2v) is 3.94. The summed E-state index contributed by atoms with van der Waals surface area (Å²) in [7, 11) is 1.56. The summed E-state index contributed by atoms with van der Waals surface area (Å²) in [5.74, 6) is 0.412. The van der Waals surface area contributed by atoms with Crippen molar-refractivity contribution in [3.05, 3.63) is 53.3 Å². The van der Waals surface area contributed by atoms with E-state index in [0.717, 1.165) is 0 Å². The summed E-state index contributed by atoms with van der Waals surface area (Å²) in [4.78, 5) is 15.8. The second-order valence-electron chi connectivity index (χ2n) is 3.56. The number of ether oxygens (including phenoxy) is 1. The Morgan fingerprint density at radius 2 is 2.17 bits per heavy atom. The summed E-state index contributed by atoms with van der Waals surface area (Å²) in [6, 6.07) is 10.2. The zero-order valence-electron chi connectivity index (χ0n) is 9.68. The standard InChI is InChI=1S/C13H11ClN2O2/c1-18-11-4-2-3-9(7-11)13(17)16-10-5-6-12(14)15-8-10/h2-8H,1H3,(H,16,17). The summed E-state index contributed by atoms with van der Waals surface area (Å²) in [6.45, 7) is 0. The van der Waals surface area contributed by atoms with Crippen molar-refractivity contribution in [3.63, 3.8) is 0 Å². The van der Waals surface area contributed by atoms with Crippen molar-refractivity contribution in [1.29, 1.82) is 0 Å². The van der Waals surface area contributed by atoms with Crippen molar-refractivity contribution in [1.82, 2.24) is 4.98 Å². The second kappa shape index (κ2) is 5.51. The Hall–Kier alpha value is -2.07. The van der Waals surface area contributed by atoms with Crippen LogP contribution in [0.2, 0.25) is 5.15 Å². The third-order valence-corrected chi connectivity index (χ3v) is 2.54. The van der Waals surface area contributed by atoms with Gasteiger partial charge in [0.1, 0.15) is 10.9 Å². The number of nitrogens with one attached hydrogen (secondary N) is 1. The van der Waals surface area contributed by atoms with E-state index in [2.05, 4.69) is 10.3 Å². The number of pyridine rings is 1. The van der Waals surface area contributed by atoms with E-state index < -0.39 is 0 Å². The molecule has 0 radical (unpaired) electrons. The minimum Gasteiger partial charge on any atom is -0.497 e. The first-order valence-electron chi connectivity index (χ1n) is 5.26. The highest BCUT2D eigenvalue weighted by molar-refractivity contribution is 6.29. The van der Waals surface area contributed by atoms with E-state index in [9.17, 15) is 4.79 Å². The van der Waals surface area contributed by atoms with E-state index in [-0.39, 0.29) is 5.91 Å². The number of nitrogens with zero attached hydrogens (tertiary/aromatic N) is 1. The van der Waals surface area contributed by atoms with E-state index in [1.54, 1.807) is 43.5 Å². The highest BCUT2D eigenvalue weighted by Gasteiger charge is 2.07. The Morgan fingerprint density at radius 3 is 2.83 bits per heavy atom. The normalized spacial score (nSPS) is 9.89. The third kappa shape index (κ3) is 2.99. The molecule has 92 valence electrons. The van der Waals surface area contributed by atoms with Gasteiger partial charge in [0.2, 0.25) is 0 Å². The molecule has 18 heavy (non-hydrogen) atoms. The van der Waals surface area contributed by atoms with Gasteiger partial charge in [-0.3, -0.25) is 4.79 Å². The van der Waals surface area contributed by atoms with Crippen LogP contribution in [0.3, 0.4) is 0 Å². The van der Waals surface area contributed by atoms with E-state index >= 15 is 0 Å². The molecule has 0 aliphatic heterocycles. The molecule has 0 aliphatic rings. The number of amides is 1. The number of carbonyl (C=O) groups is 1. The number of rotatable bonds is 3. The van der Waals surface area contributed by atoms with Crippen LogP contribution < -0.4 is 10.1 Å². The molecule has 2 aromatic rings. The fourth-order valence-corrected chi connectivity index (χ4v) is 1.53. The van der Waals surface area contributed by atoms with Gasteiger partial charge in [0.15, 0.2) is 0 Å². The van der Waals surface area contributed by atoms with Gasteiger partial charge >= 0.3 is 0 Å². The molecule has 0 aliphatic carbocycles. The average molecular weight is 263 g/mol. The Labute approximate surface area is 110 Å². The van der Waals surface area contributed by atoms with Crippen LogP contribution in [0, 0.1) is 0 Å². The van der Waals surface area contributed by atoms with Crippen molar-refractivity contribution in [2.24, 2.45) is 0 Å². The smallest absolute Gasteiger partial charge is 0.255 e. The van der Waals surface area contributed by atoms with Crippen molar-refractivity contribution >= 4 is 23.2 Å². The third-order valence-electron chi connectivity index (χ3n) is 2.32. The lowest BCUT2D eigenvalue weighted by molar-refractivity contribution is 0.102. The maximum absolute atomic E-state index is 11.9. The van der Waals surface area contributed by atoms with Crippen LogP contribution in [0.15, 0.2) is 42.6 Å². The van der Waals surface area contributed by atoms with E-state index in [4.69, 9.17) is 16.3 Å². The number of halogens is 1. The Morgan fingerprint density at radius 1 is 1.33 bits per heavy atom. The number of hydrogen-bond donors (Lipinski definition) is 1. The molecule has 0 atom stereocenters. The summed E-state index contributed by atoms with van der Waals surface area (Å²) in [5, 5.41) is 3.10. The van der Waals surface area contributed by atoms with Crippen molar-refractivity contribution in [2.45, 2.75) is 0 Å². The molecule has 0 saturated heterocycles. The largest absolute Gasteiger partial charge is 0.497 e. The Balaban J connectivity index is 2.14. The lowest BCUT2D eigenvalue weighted by Crippen LogP contribution is -2.11. The lowest BCUT2D eigenvalue weighted by atomic mass is 10.2. The average Bonchev–Trinajstić information content (AvgIpc) is 2.41. The molecular formula is C13H11ClN2O2. The van der Waals surface area contributed by atoms with Crippen LogP contribution in [0.4, 0.5) is 5.69 Å². The van der Waals surface area contributed by atoms with E-state index in [1.807, 2.05) is 0 Å². The predicted octanol–water partition coefficient (Wildman–Crippen LogP) is 3.00. The number of methoxy groups -OCH3 is 1. The lowest BCUT2D eigenvalue weighted by Gasteiger charge is -2.06. The van der Waals surface area contributed by atoms with Gasteiger partial charge in [-0.2, -0.15) is 0 Å². The molecule has 4 nitrogen and oxygen atoms in total. The van der Waals surface area contributed by atoms with E-state index in [0.29, 0.717) is 22.2 Å². The number of anilines is 1. The molecule has 0 saturated carbocycles. The topological polar surface area (TPSA) is 51.2 Å². The quantitative estimate of drug-likeness (QED) is 0.865. The van der Waals surface area contributed by atoms with Gasteiger partial charge in [0.05, 0.1) is 19.0 Å². The summed E-state index contributed by atoms with van der Waals surface area (Å²) in [5.41, 5.74) is 1.11. The fraction of sp³-hybridized carbons (Fsp3) is 0.0769. The molecule has 0 unspecified atom stereocenters. The first-order valence-corrected chi connectivity index (χ1v) is 5.64. The SMILES string of the molecule is COc1cccc(C(=O)Nc2ccc(Cl)nc2)c1. The van der Waals surface area contributed by atoms with Gasteiger partial charge in [0, 0.05) is 5.56 Å².